The van der Waals surface area contributed by atoms with Crippen molar-refractivity contribution in [2.24, 2.45) is 5.10 Å². The number of fused-ring (bicyclic) bond motifs is 1. The zero-order valence-corrected chi connectivity index (χ0v) is 15.7. The standard InChI is InChI=1S/C17H16BrN3O2S/c1-3-7-23-15-5-4-13(18)9-12(15)10-19-21-11(2)20-16-14(17(21)22)6-8-24-16/h4-6,8-10H,3,7H2,1-2H3/b19-10-. The van der Waals surface area contributed by atoms with Crippen molar-refractivity contribution in [3.8, 4) is 5.75 Å². The molecule has 2 aromatic heterocycles. The van der Waals surface area contributed by atoms with E-state index < -0.39 is 0 Å². The first-order valence-electron chi connectivity index (χ1n) is 7.53. The number of hydrogen-bond acceptors (Lipinski definition) is 5. The van der Waals surface area contributed by atoms with Gasteiger partial charge in [0.2, 0.25) is 0 Å². The van der Waals surface area contributed by atoms with Crippen molar-refractivity contribution >= 4 is 43.7 Å². The van der Waals surface area contributed by atoms with Crippen molar-refractivity contribution < 1.29 is 4.74 Å². The number of nitrogens with zero attached hydrogens (tertiary/aromatic N) is 3. The van der Waals surface area contributed by atoms with Crippen LogP contribution >= 0.6 is 27.3 Å². The summed E-state index contributed by atoms with van der Waals surface area (Å²) >= 11 is 4.90. The maximum absolute atomic E-state index is 12.5. The van der Waals surface area contributed by atoms with E-state index in [2.05, 4.69) is 32.9 Å². The van der Waals surface area contributed by atoms with Crippen molar-refractivity contribution in [1.82, 2.24) is 9.66 Å². The smallest absolute Gasteiger partial charge is 0.282 e. The molecule has 3 rings (SSSR count). The summed E-state index contributed by atoms with van der Waals surface area (Å²) in [6.07, 6.45) is 2.55. The van der Waals surface area contributed by atoms with E-state index >= 15 is 0 Å². The first-order valence-corrected chi connectivity index (χ1v) is 9.21. The van der Waals surface area contributed by atoms with Crippen LogP contribution in [0, 0.1) is 6.92 Å². The summed E-state index contributed by atoms with van der Waals surface area (Å²) in [4.78, 5) is 17.7. The second-order valence-electron chi connectivity index (χ2n) is 5.19. The summed E-state index contributed by atoms with van der Waals surface area (Å²) in [6, 6.07) is 7.48. The Bertz CT molecular complexity index is 962. The van der Waals surface area contributed by atoms with Gasteiger partial charge in [0.1, 0.15) is 16.4 Å². The minimum Gasteiger partial charge on any atom is -0.493 e. The van der Waals surface area contributed by atoms with Crippen LogP contribution in [0.5, 0.6) is 5.75 Å². The summed E-state index contributed by atoms with van der Waals surface area (Å²) in [5.74, 6) is 1.29. The topological polar surface area (TPSA) is 56.5 Å². The molecular weight excluding hydrogens is 390 g/mol. The predicted molar refractivity (Wildman–Crippen MR) is 102 cm³/mol. The molecule has 0 atom stereocenters. The minimum atomic E-state index is -0.166. The lowest BCUT2D eigenvalue weighted by atomic mass is 10.2. The number of hydrogen-bond donors (Lipinski definition) is 0. The minimum absolute atomic E-state index is 0.166. The molecule has 0 N–H and O–H groups in total. The monoisotopic (exact) mass is 405 g/mol. The maximum atomic E-state index is 12.5. The van der Waals surface area contributed by atoms with Crippen LogP contribution in [-0.2, 0) is 0 Å². The third-order valence-corrected chi connectivity index (χ3v) is 4.68. The molecule has 0 aliphatic carbocycles. The Labute approximate surface area is 151 Å². The largest absolute Gasteiger partial charge is 0.493 e. The van der Waals surface area contributed by atoms with E-state index in [-0.39, 0.29) is 5.56 Å². The Morgan fingerprint density at radius 2 is 2.25 bits per heavy atom. The third-order valence-electron chi connectivity index (χ3n) is 3.38. The predicted octanol–water partition coefficient (Wildman–Crippen LogP) is 4.20. The van der Waals surface area contributed by atoms with Gasteiger partial charge in [0, 0.05) is 10.0 Å². The van der Waals surface area contributed by atoms with E-state index in [9.17, 15) is 4.79 Å². The average molecular weight is 406 g/mol. The fourth-order valence-electron chi connectivity index (χ4n) is 2.23. The Balaban J connectivity index is 2.02. The van der Waals surface area contributed by atoms with Gasteiger partial charge in [-0.2, -0.15) is 9.78 Å². The fourth-order valence-corrected chi connectivity index (χ4v) is 3.40. The van der Waals surface area contributed by atoms with Gasteiger partial charge in [0.25, 0.3) is 5.56 Å². The molecule has 0 amide bonds. The first kappa shape index (κ1) is 16.9. The highest BCUT2D eigenvalue weighted by Gasteiger charge is 2.08. The molecule has 2 heterocycles. The molecule has 5 nitrogen and oxygen atoms in total. The second kappa shape index (κ2) is 7.27. The van der Waals surface area contributed by atoms with Gasteiger partial charge in [-0.15, -0.1) is 11.3 Å². The Morgan fingerprint density at radius 1 is 1.42 bits per heavy atom. The summed E-state index contributed by atoms with van der Waals surface area (Å²) in [6.45, 7) is 4.45. The van der Waals surface area contributed by atoms with Crippen LogP contribution in [0.15, 0.2) is 44.0 Å². The lowest BCUT2D eigenvalue weighted by Gasteiger charge is -2.09. The molecule has 124 valence electrons. The van der Waals surface area contributed by atoms with Crippen molar-refractivity contribution in [3.63, 3.8) is 0 Å². The molecule has 24 heavy (non-hydrogen) atoms. The van der Waals surface area contributed by atoms with Gasteiger partial charge in [-0.1, -0.05) is 22.9 Å². The molecule has 3 aromatic rings. The van der Waals surface area contributed by atoms with Gasteiger partial charge >= 0.3 is 0 Å². The summed E-state index contributed by atoms with van der Waals surface area (Å²) in [5.41, 5.74) is 0.635. The van der Waals surface area contributed by atoms with E-state index in [0.29, 0.717) is 17.8 Å². The normalized spacial score (nSPS) is 11.5. The molecule has 0 saturated heterocycles. The van der Waals surface area contributed by atoms with Gasteiger partial charge < -0.3 is 4.74 Å². The van der Waals surface area contributed by atoms with E-state index in [0.717, 1.165) is 27.0 Å². The Kier molecular flexibility index (Phi) is 5.11. The van der Waals surface area contributed by atoms with E-state index in [4.69, 9.17) is 4.74 Å². The molecular formula is C17H16BrN3O2S. The number of thiophene rings is 1. The molecule has 0 radical (unpaired) electrons. The highest BCUT2D eigenvalue weighted by molar-refractivity contribution is 9.10. The SMILES string of the molecule is CCCOc1ccc(Br)cc1/C=N\n1c(C)nc2sccc2c1=O. The van der Waals surface area contributed by atoms with E-state index in [1.807, 2.05) is 23.6 Å². The quantitative estimate of drug-likeness (QED) is 0.597. The molecule has 7 heteroatoms. The van der Waals surface area contributed by atoms with Gasteiger partial charge in [0.15, 0.2) is 0 Å². The van der Waals surface area contributed by atoms with Crippen molar-refractivity contribution in [1.29, 1.82) is 0 Å². The van der Waals surface area contributed by atoms with Gasteiger partial charge in [0.05, 0.1) is 18.2 Å². The number of ether oxygens (including phenoxy) is 1. The number of halogens is 1. The lowest BCUT2D eigenvalue weighted by molar-refractivity contribution is 0.317. The molecule has 0 aliphatic rings. The van der Waals surface area contributed by atoms with Crippen LogP contribution in [0.3, 0.4) is 0 Å². The zero-order chi connectivity index (χ0) is 17.1. The van der Waals surface area contributed by atoms with Crippen LogP contribution in [0.2, 0.25) is 0 Å². The van der Waals surface area contributed by atoms with Crippen LogP contribution in [0.1, 0.15) is 24.7 Å². The summed E-state index contributed by atoms with van der Waals surface area (Å²) < 4.78 is 7.97. The van der Waals surface area contributed by atoms with Gasteiger partial charge in [-0.05, 0) is 43.0 Å². The van der Waals surface area contributed by atoms with Crippen LogP contribution in [0.4, 0.5) is 0 Å². The number of aryl methyl sites for hydroxylation is 1. The summed E-state index contributed by atoms with van der Waals surface area (Å²) in [7, 11) is 0. The molecule has 1 aromatic carbocycles. The molecule has 0 saturated carbocycles. The highest BCUT2D eigenvalue weighted by atomic mass is 79.9. The number of aromatic nitrogens is 2. The fraction of sp³-hybridized carbons (Fsp3) is 0.235. The molecule has 0 bridgehead atoms. The zero-order valence-electron chi connectivity index (χ0n) is 13.3. The summed E-state index contributed by atoms with van der Waals surface area (Å²) in [5, 5.41) is 6.78. The molecule has 0 fully saturated rings. The molecule has 0 spiro atoms. The lowest BCUT2D eigenvalue weighted by Crippen LogP contribution is -2.19. The average Bonchev–Trinajstić information content (AvgIpc) is 3.02. The van der Waals surface area contributed by atoms with Gasteiger partial charge in [-0.3, -0.25) is 4.79 Å². The van der Waals surface area contributed by atoms with Crippen molar-refractivity contribution in [2.75, 3.05) is 6.61 Å². The van der Waals surface area contributed by atoms with Crippen LogP contribution < -0.4 is 10.3 Å². The Hall–Kier alpha value is -1.99. The third kappa shape index (κ3) is 3.42. The van der Waals surface area contributed by atoms with Gasteiger partial charge in [-0.25, -0.2) is 4.98 Å². The van der Waals surface area contributed by atoms with E-state index in [1.54, 1.807) is 19.2 Å². The maximum Gasteiger partial charge on any atom is 0.282 e. The second-order valence-corrected chi connectivity index (χ2v) is 7.00. The first-order chi connectivity index (χ1) is 11.6. The number of benzene rings is 1. The highest BCUT2D eigenvalue weighted by Crippen LogP contribution is 2.22. The molecule has 0 aliphatic heterocycles. The van der Waals surface area contributed by atoms with Crippen molar-refractivity contribution in [2.45, 2.75) is 20.3 Å². The van der Waals surface area contributed by atoms with Crippen molar-refractivity contribution in [3.05, 3.63) is 55.9 Å². The molecule has 0 unspecified atom stereocenters. The van der Waals surface area contributed by atoms with Crippen LogP contribution in [0.25, 0.3) is 10.2 Å². The number of rotatable bonds is 5. The van der Waals surface area contributed by atoms with E-state index in [1.165, 1.54) is 16.0 Å². The Morgan fingerprint density at radius 3 is 3.04 bits per heavy atom. The van der Waals surface area contributed by atoms with Crippen LogP contribution in [-0.4, -0.2) is 22.5 Å².